The Morgan fingerprint density at radius 1 is 1.38 bits per heavy atom. The van der Waals surface area contributed by atoms with E-state index in [4.69, 9.17) is 9.47 Å². The third kappa shape index (κ3) is 2.10. The number of benzene rings is 1. The molecule has 0 aliphatic carbocycles. The van der Waals surface area contributed by atoms with Crippen LogP contribution in [0.2, 0.25) is 0 Å². The van der Waals surface area contributed by atoms with E-state index >= 15 is 0 Å². The highest BCUT2D eigenvalue weighted by Crippen LogP contribution is 2.38. The second-order valence-corrected chi connectivity index (χ2v) is 4.27. The number of fused-ring (bicyclic) bond motifs is 1. The summed E-state index contributed by atoms with van der Waals surface area (Å²) in [5.41, 5.74) is 0.882. The van der Waals surface area contributed by atoms with Crippen molar-refractivity contribution >= 4 is 22.0 Å². The van der Waals surface area contributed by atoms with Crippen LogP contribution in [0.15, 0.2) is 21.6 Å². The number of carbonyl (C=O) groups excluding carboxylic acids is 1. The lowest BCUT2D eigenvalue weighted by Crippen LogP contribution is -2.15. The lowest BCUT2D eigenvalue weighted by atomic mass is 10.1. The van der Waals surface area contributed by atoms with Crippen molar-refractivity contribution in [1.82, 2.24) is 0 Å². The van der Waals surface area contributed by atoms with Crippen molar-refractivity contribution in [3.63, 3.8) is 0 Å². The number of hydrogen-bond acceptors (Lipinski definition) is 4. The molecule has 0 spiro atoms. The summed E-state index contributed by atoms with van der Waals surface area (Å²) in [6.07, 6.45) is 1.56. The Kier molecular flexibility index (Phi) is 3.27. The van der Waals surface area contributed by atoms with Crippen molar-refractivity contribution in [2.24, 2.45) is 4.99 Å². The van der Waals surface area contributed by atoms with E-state index in [0.29, 0.717) is 24.7 Å². The molecule has 0 saturated heterocycles. The normalized spacial score (nSPS) is 15.1. The fraction of sp³-hybridized carbons (Fsp3) is 0.364. The molecule has 1 aliphatic rings. The summed E-state index contributed by atoms with van der Waals surface area (Å²) in [5, 5.41) is 0. The van der Waals surface area contributed by atoms with Crippen LogP contribution < -0.4 is 9.47 Å². The van der Waals surface area contributed by atoms with Gasteiger partial charge in [-0.05, 0) is 24.6 Å². The summed E-state index contributed by atoms with van der Waals surface area (Å²) in [7, 11) is 0. The second-order valence-electron chi connectivity index (χ2n) is 3.41. The van der Waals surface area contributed by atoms with Crippen LogP contribution in [0.3, 0.4) is 0 Å². The van der Waals surface area contributed by atoms with Gasteiger partial charge in [0.15, 0.2) is 11.5 Å². The molecule has 1 unspecified atom stereocenters. The Morgan fingerprint density at radius 3 is 2.62 bits per heavy atom. The van der Waals surface area contributed by atoms with Crippen molar-refractivity contribution in [2.75, 3.05) is 13.2 Å². The molecular formula is C11H10BrNO3. The highest BCUT2D eigenvalue weighted by molar-refractivity contribution is 9.10. The molecule has 0 radical (unpaired) electrons. The van der Waals surface area contributed by atoms with Gasteiger partial charge in [-0.15, -0.1) is 0 Å². The topological polar surface area (TPSA) is 47.9 Å². The van der Waals surface area contributed by atoms with Crippen LogP contribution in [0.5, 0.6) is 11.5 Å². The summed E-state index contributed by atoms with van der Waals surface area (Å²) in [5.74, 6) is 1.40. The zero-order valence-electron chi connectivity index (χ0n) is 8.70. The van der Waals surface area contributed by atoms with E-state index in [1.165, 1.54) is 0 Å². The van der Waals surface area contributed by atoms with Gasteiger partial charge in [-0.3, -0.25) is 0 Å². The Labute approximate surface area is 101 Å². The molecule has 0 N–H and O–H groups in total. The van der Waals surface area contributed by atoms with Gasteiger partial charge in [0.2, 0.25) is 6.08 Å². The lowest BCUT2D eigenvalue weighted by molar-refractivity contribution is 0.171. The SMILES string of the molecule is CC(N=C=O)c1cc2c(cc1Br)OCCO2. The maximum Gasteiger partial charge on any atom is 0.235 e. The number of ether oxygens (including phenoxy) is 2. The standard InChI is InChI=1S/C11H10BrNO3/c1-7(13-6-14)8-4-10-11(5-9(8)12)16-3-2-15-10/h4-5,7H,2-3H2,1H3. The van der Waals surface area contributed by atoms with Gasteiger partial charge in [0, 0.05) is 4.47 Å². The maximum atomic E-state index is 10.2. The Morgan fingerprint density at radius 2 is 2.00 bits per heavy atom. The molecule has 84 valence electrons. The minimum absolute atomic E-state index is 0.247. The molecule has 0 amide bonds. The fourth-order valence-corrected chi connectivity index (χ4v) is 2.20. The van der Waals surface area contributed by atoms with E-state index in [2.05, 4.69) is 20.9 Å². The average molecular weight is 284 g/mol. The zero-order valence-corrected chi connectivity index (χ0v) is 10.3. The van der Waals surface area contributed by atoms with Gasteiger partial charge in [0.05, 0.1) is 6.04 Å². The third-order valence-electron chi connectivity index (χ3n) is 2.36. The minimum atomic E-state index is -0.247. The van der Waals surface area contributed by atoms with Crippen molar-refractivity contribution < 1.29 is 14.3 Å². The second kappa shape index (κ2) is 4.68. The van der Waals surface area contributed by atoms with Crippen LogP contribution in [0.4, 0.5) is 0 Å². The predicted octanol–water partition coefficient (Wildman–Crippen LogP) is 2.62. The lowest BCUT2D eigenvalue weighted by Gasteiger charge is -2.20. The molecule has 0 fully saturated rings. The molecular weight excluding hydrogens is 274 g/mol. The van der Waals surface area contributed by atoms with Crippen LogP contribution in [0, 0.1) is 0 Å². The first kappa shape index (κ1) is 11.2. The highest BCUT2D eigenvalue weighted by atomic mass is 79.9. The van der Waals surface area contributed by atoms with Gasteiger partial charge in [-0.2, -0.15) is 4.99 Å². The van der Waals surface area contributed by atoms with E-state index in [1.54, 1.807) is 6.08 Å². The molecule has 1 heterocycles. The van der Waals surface area contributed by atoms with Crippen LogP contribution in [0.25, 0.3) is 0 Å². The first-order chi connectivity index (χ1) is 7.72. The maximum absolute atomic E-state index is 10.2. The van der Waals surface area contributed by atoms with Crippen molar-refractivity contribution in [2.45, 2.75) is 13.0 Å². The molecule has 1 aliphatic heterocycles. The molecule has 0 saturated carbocycles. The number of rotatable bonds is 2. The van der Waals surface area contributed by atoms with Gasteiger partial charge >= 0.3 is 0 Å². The molecule has 4 nitrogen and oxygen atoms in total. The largest absolute Gasteiger partial charge is 0.486 e. The van der Waals surface area contributed by atoms with Crippen LogP contribution in [-0.4, -0.2) is 19.3 Å². The van der Waals surface area contributed by atoms with Crippen molar-refractivity contribution in [1.29, 1.82) is 0 Å². The van der Waals surface area contributed by atoms with Crippen LogP contribution >= 0.6 is 15.9 Å². The molecule has 16 heavy (non-hydrogen) atoms. The van der Waals surface area contributed by atoms with Crippen molar-refractivity contribution in [3.05, 3.63) is 22.2 Å². The van der Waals surface area contributed by atoms with Crippen LogP contribution in [0.1, 0.15) is 18.5 Å². The molecule has 2 rings (SSSR count). The van der Waals surface area contributed by atoms with Gasteiger partial charge in [-0.25, -0.2) is 4.79 Å². The number of halogens is 1. The van der Waals surface area contributed by atoms with Crippen molar-refractivity contribution in [3.8, 4) is 11.5 Å². The number of hydrogen-bond donors (Lipinski definition) is 0. The minimum Gasteiger partial charge on any atom is -0.486 e. The smallest absolute Gasteiger partial charge is 0.235 e. The summed E-state index contributed by atoms with van der Waals surface area (Å²) in [6, 6.07) is 3.42. The van der Waals surface area contributed by atoms with Gasteiger partial charge in [0.25, 0.3) is 0 Å². The molecule has 1 aromatic carbocycles. The zero-order chi connectivity index (χ0) is 11.5. The average Bonchev–Trinajstić information content (AvgIpc) is 2.28. The molecule has 5 heteroatoms. The quantitative estimate of drug-likeness (QED) is 0.619. The fourth-order valence-electron chi connectivity index (χ4n) is 1.55. The Balaban J connectivity index is 2.42. The van der Waals surface area contributed by atoms with E-state index in [0.717, 1.165) is 10.0 Å². The first-order valence-electron chi connectivity index (χ1n) is 4.88. The molecule has 0 bridgehead atoms. The first-order valence-corrected chi connectivity index (χ1v) is 5.67. The van der Waals surface area contributed by atoms with Crippen LogP contribution in [-0.2, 0) is 4.79 Å². The van der Waals surface area contributed by atoms with Gasteiger partial charge in [0.1, 0.15) is 13.2 Å². The predicted molar refractivity (Wildman–Crippen MR) is 61.7 cm³/mol. The Hall–Kier alpha value is -1.32. The Bertz CT molecular complexity index is 455. The van der Waals surface area contributed by atoms with Gasteiger partial charge in [-0.1, -0.05) is 15.9 Å². The van der Waals surface area contributed by atoms with E-state index in [1.807, 2.05) is 19.1 Å². The number of isocyanates is 1. The summed E-state index contributed by atoms with van der Waals surface area (Å²) in [4.78, 5) is 13.9. The van der Waals surface area contributed by atoms with E-state index in [-0.39, 0.29) is 6.04 Å². The van der Waals surface area contributed by atoms with Gasteiger partial charge < -0.3 is 9.47 Å². The monoisotopic (exact) mass is 283 g/mol. The van der Waals surface area contributed by atoms with E-state index in [9.17, 15) is 4.79 Å². The molecule has 1 aromatic rings. The number of nitrogens with zero attached hydrogens (tertiary/aromatic N) is 1. The summed E-state index contributed by atoms with van der Waals surface area (Å²) >= 11 is 3.42. The van der Waals surface area contributed by atoms with E-state index < -0.39 is 0 Å². The summed E-state index contributed by atoms with van der Waals surface area (Å²) in [6.45, 7) is 2.92. The molecule has 1 atom stereocenters. The molecule has 0 aromatic heterocycles. The number of aliphatic imine (C=N–C) groups is 1. The highest BCUT2D eigenvalue weighted by Gasteiger charge is 2.17. The summed E-state index contributed by atoms with van der Waals surface area (Å²) < 4.78 is 11.7. The third-order valence-corrected chi connectivity index (χ3v) is 3.04.